The first-order valence-electron chi connectivity index (χ1n) is 4.00. The van der Waals surface area contributed by atoms with Gasteiger partial charge < -0.3 is 5.11 Å². The fourth-order valence-corrected chi connectivity index (χ4v) is 1.45. The zero-order valence-corrected chi connectivity index (χ0v) is 8.49. The van der Waals surface area contributed by atoms with Crippen LogP contribution >= 0.6 is 11.8 Å². The molecule has 0 aromatic carbocycles. The van der Waals surface area contributed by atoms with E-state index in [4.69, 9.17) is 5.11 Å². The lowest BCUT2D eigenvalue weighted by atomic mass is 10.5. The van der Waals surface area contributed by atoms with E-state index in [1.54, 1.807) is 12.3 Å². The summed E-state index contributed by atoms with van der Waals surface area (Å²) in [6.45, 7) is 1.89. The average Bonchev–Trinajstić information content (AvgIpc) is 2.12. The fraction of sp³-hybridized carbons (Fsp3) is 0.222. The number of hydrogen-bond donors (Lipinski definition) is 1. The maximum absolute atomic E-state index is 10.1. The molecule has 4 nitrogen and oxygen atoms in total. The Balaban J connectivity index is 2.42. The van der Waals surface area contributed by atoms with Gasteiger partial charge in [-0.1, -0.05) is 17.8 Å². The number of hydrogen-bond acceptors (Lipinski definition) is 4. The number of nitrogens with zero attached hydrogens (tertiary/aromatic N) is 2. The van der Waals surface area contributed by atoms with Gasteiger partial charge in [-0.3, -0.25) is 0 Å². The van der Waals surface area contributed by atoms with Gasteiger partial charge in [0.05, 0.1) is 0 Å². The van der Waals surface area contributed by atoms with E-state index < -0.39 is 5.97 Å². The Bertz CT molecular complexity index is 352. The van der Waals surface area contributed by atoms with Crippen molar-refractivity contribution in [3.8, 4) is 0 Å². The molecule has 0 saturated carbocycles. The largest absolute Gasteiger partial charge is 0.478 e. The molecule has 0 amide bonds. The van der Waals surface area contributed by atoms with Gasteiger partial charge in [-0.15, -0.1) is 0 Å². The highest BCUT2D eigenvalue weighted by Gasteiger charge is 1.95. The number of rotatable bonds is 4. The van der Waals surface area contributed by atoms with E-state index in [9.17, 15) is 4.79 Å². The molecule has 0 unspecified atom stereocenters. The molecule has 0 aliphatic heterocycles. The minimum atomic E-state index is -0.934. The number of aryl methyl sites for hydroxylation is 1. The van der Waals surface area contributed by atoms with Crippen molar-refractivity contribution in [3.63, 3.8) is 0 Å². The first-order chi connectivity index (χ1) is 6.68. The lowest BCUT2D eigenvalue weighted by Crippen LogP contribution is -1.89. The molecule has 1 N–H and O–H groups in total. The Hall–Kier alpha value is -1.36. The van der Waals surface area contributed by atoms with Crippen LogP contribution in [0.15, 0.2) is 29.6 Å². The summed E-state index contributed by atoms with van der Waals surface area (Å²) in [6.07, 6.45) is 4.37. The minimum Gasteiger partial charge on any atom is -0.478 e. The van der Waals surface area contributed by atoms with E-state index in [0.29, 0.717) is 10.9 Å². The van der Waals surface area contributed by atoms with Crippen LogP contribution in [-0.4, -0.2) is 26.8 Å². The summed E-state index contributed by atoms with van der Waals surface area (Å²) in [7, 11) is 0. The predicted molar refractivity (Wildman–Crippen MR) is 54.3 cm³/mol. The van der Waals surface area contributed by atoms with Gasteiger partial charge in [-0.05, 0) is 13.0 Å². The van der Waals surface area contributed by atoms with Gasteiger partial charge in [0.15, 0.2) is 5.16 Å². The number of carboxylic acids is 1. The zero-order chi connectivity index (χ0) is 10.4. The fourth-order valence-electron chi connectivity index (χ4n) is 0.767. The molecule has 0 fully saturated rings. The summed E-state index contributed by atoms with van der Waals surface area (Å²) in [5, 5.41) is 8.99. The third-order valence-electron chi connectivity index (χ3n) is 1.34. The van der Waals surface area contributed by atoms with Gasteiger partial charge >= 0.3 is 5.97 Å². The predicted octanol–water partition coefficient (Wildman–Crippen LogP) is 1.52. The van der Waals surface area contributed by atoms with Crippen LogP contribution in [0.4, 0.5) is 0 Å². The van der Waals surface area contributed by atoms with Gasteiger partial charge in [-0.2, -0.15) is 0 Å². The van der Waals surface area contributed by atoms with Crippen LogP contribution in [0.5, 0.6) is 0 Å². The summed E-state index contributed by atoms with van der Waals surface area (Å²) in [5.74, 6) is -0.369. The molecule has 0 aliphatic carbocycles. The quantitative estimate of drug-likeness (QED) is 0.463. The molecule has 1 aromatic rings. The van der Waals surface area contributed by atoms with Crippen LogP contribution in [0, 0.1) is 6.92 Å². The van der Waals surface area contributed by atoms with Crippen molar-refractivity contribution in [1.82, 2.24) is 9.97 Å². The molecule has 0 spiro atoms. The Morgan fingerprint density at radius 3 is 3.14 bits per heavy atom. The van der Waals surface area contributed by atoms with Crippen molar-refractivity contribution < 1.29 is 9.90 Å². The summed E-state index contributed by atoms with van der Waals surface area (Å²) >= 11 is 1.40. The van der Waals surface area contributed by atoms with Gasteiger partial charge in [-0.25, -0.2) is 14.8 Å². The molecule has 1 aromatic heterocycles. The van der Waals surface area contributed by atoms with Crippen LogP contribution in [0.3, 0.4) is 0 Å². The van der Waals surface area contributed by atoms with Crippen molar-refractivity contribution in [1.29, 1.82) is 0 Å². The monoisotopic (exact) mass is 210 g/mol. The average molecular weight is 210 g/mol. The maximum atomic E-state index is 10.1. The van der Waals surface area contributed by atoms with Gasteiger partial charge in [0.25, 0.3) is 0 Å². The smallest absolute Gasteiger partial charge is 0.328 e. The van der Waals surface area contributed by atoms with Gasteiger partial charge in [0.1, 0.15) is 0 Å². The van der Waals surface area contributed by atoms with Crippen molar-refractivity contribution >= 4 is 17.7 Å². The maximum Gasteiger partial charge on any atom is 0.328 e. The van der Waals surface area contributed by atoms with E-state index in [1.807, 2.05) is 13.0 Å². The summed E-state index contributed by atoms with van der Waals surface area (Å²) in [5.41, 5.74) is 0.907. The highest BCUT2D eigenvalue weighted by atomic mass is 32.2. The molecule has 14 heavy (non-hydrogen) atoms. The molecular formula is C9H10N2O2S. The lowest BCUT2D eigenvalue weighted by molar-refractivity contribution is -0.131. The van der Waals surface area contributed by atoms with Gasteiger partial charge in [0, 0.05) is 23.7 Å². The highest BCUT2D eigenvalue weighted by molar-refractivity contribution is 7.99. The van der Waals surface area contributed by atoms with Crippen LogP contribution in [-0.2, 0) is 4.79 Å². The Labute approximate surface area is 86.1 Å². The molecule has 0 saturated heterocycles. The van der Waals surface area contributed by atoms with Crippen LogP contribution in [0.1, 0.15) is 5.69 Å². The number of aromatic nitrogens is 2. The number of aliphatic carboxylic acids is 1. The van der Waals surface area contributed by atoms with Crippen molar-refractivity contribution in [2.24, 2.45) is 0 Å². The molecule has 74 valence electrons. The van der Waals surface area contributed by atoms with Crippen LogP contribution in [0.25, 0.3) is 0 Å². The van der Waals surface area contributed by atoms with E-state index in [1.165, 1.54) is 11.8 Å². The Morgan fingerprint density at radius 2 is 2.50 bits per heavy atom. The van der Waals surface area contributed by atoms with E-state index in [-0.39, 0.29) is 0 Å². The summed E-state index contributed by atoms with van der Waals surface area (Å²) in [6, 6.07) is 1.82. The molecule has 0 bridgehead atoms. The first kappa shape index (κ1) is 10.7. The number of carboxylic acid groups (broad SMARTS) is 1. The second-order valence-corrected chi connectivity index (χ2v) is 3.52. The Kier molecular flexibility index (Phi) is 4.12. The van der Waals surface area contributed by atoms with Crippen molar-refractivity contribution in [2.45, 2.75) is 12.1 Å². The third kappa shape index (κ3) is 4.04. The van der Waals surface area contributed by atoms with E-state index >= 15 is 0 Å². The van der Waals surface area contributed by atoms with E-state index in [2.05, 4.69) is 9.97 Å². The lowest BCUT2D eigenvalue weighted by Gasteiger charge is -1.96. The van der Waals surface area contributed by atoms with Crippen molar-refractivity contribution in [2.75, 3.05) is 5.75 Å². The topological polar surface area (TPSA) is 63.1 Å². The second-order valence-electron chi connectivity index (χ2n) is 2.53. The zero-order valence-electron chi connectivity index (χ0n) is 7.67. The highest BCUT2D eigenvalue weighted by Crippen LogP contribution is 2.11. The molecule has 5 heteroatoms. The van der Waals surface area contributed by atoms with Crippen molar-refractivity contribution in [3.05, 3.63) is 30.1 Å². The van der Waals surface area contributed by atoms with Gasteiger partial charge in [0.2, 0.25) is 0 Å². The summed E-state index contributed by atoms with van der Waals surface area (Å²) < 4.78 is 0. The first-order valence-corrected chi connectivity index (χ1v) is 4.99. The van der Waals surface area contributed by atoms with Crippen LogP contribution in [0.2, 0.25) is 0 Å². The third-order valence-corrected chi connectivity index (χ3v) is 2.16. The van der Waals surface area contributed by atoms with E-state index in [0.717, 1.165) is 11.8 Å². The summed E-state index contributed by atoms with van der Waals surface area (Å²) in [4.78, 5) is 18.3. The normalized spacial score (nSPS) is 10.6. The number of carbonyl (C=O) groups is 1. The minimum absolute atomic E-state index is 0.565. The molecular weight excluding hydrogens is 200 g/mol. The molecule has 0 aliphatic rings. The van der Waals surface area contributed by atoms with Crippen LogP contribution < -0.4 is 0 Å². The Morgan fingerprint density at radius 1 is 1.71 bits per heavy atom. The molecule has 1 rings (SSSR count). The standard InChI is InChI=1S/C9H10N2O2S/c1-7-4-5-10-9(11-7)14-6-2-3-8(12)13/h2-5H,6H2,1H3,(H,12,13). The molecule has 1 heterocycles. The second kappa shape index (κ2) is 5.39. The SMILES string of the molecule is Cc1ccnc(SCC=CC(=O)O)n1. The number of thioether (sulfide) groups is 1. The molecule has 0 atom stereocenters. The molecule has 0 radical (unpaired) electrons.